The molecule has 1 amide bonds. The summed E-state index contributed by atoms with van der Waals surface area (Å²) in [5, 5.41) is 0. The molecule has 1 unspecified atom stereocenters. The zero-order valence-corrected chi connectivity index (χ0v) is 13.3. The van der Waals surface area contributed by atoms with E-state index in [9.17, 15) is 19.2 Å². The third-order valence-corrected chi connectivity index (χ3v) is 6.14. The fraction of sp³-hybridized carbons (Fsp3) is 0.647. The van der Waals surface area contributed by atoms with Gasteiger partial charge >= 0.3 is 5.97 Å². The van der Waals surface area contributed by atoms with Crippen molar-refractivity contribution in [1.29, 1.82) is 0 Å². The molecule has 2 atom stereocenters. The van der Waals surface area contributed by atoms with Crippen LogP contribution in [-0.2, 0) is 23.9 Å². The molecular weight excluding hydrogens is 298 g/mol. The Morgan fingerprint density at radius 3 is 2.26 bits per heavy atom. The normalized spacial score (nSPS) is 35.7. The molecule has 0 aromatic heterocycles. The van der Waals surface area contributed by atoms with Gasteiger partial charge in [0.15, 0.2) is 17.0 Å². The van der Waals surface area contributed by atoms with Crippen LogP contribution in [0.4, 0.5) is 0 Å². The number of rotatable bonds is 1. The van der Waals surface area contributed by atoms with Crippen LogP contribution in [0.2, 0.25) is 0 Å². The van der Waals surface area contributed by atoms with E-state index in [-0.39, 0.29) is 23.6 Å². The van der Waals surface area contributed by atoms with Gasteiger partial charge in [0.05, 0.1) is 17.3 Å². The van der Waals surface area contributed by atoms with Gasteiger partial charge in [0, 0.05) is 6.42 Å². The fourth-order valence-electron chi connectivity index (χ4n) is 4.30. The highest BCUT2D eigenvalue weighted by atomic mass is 16.5. The van der Waals surface area contributed by atoms with E-state index < -0.39 is 23.3 Å². The summed E-state index contributed by atoms with van der Waals surface area (Å²) in [6, 6.07) is -0.723. The Labute approximate surface area is 133 Å². The first-order valence-electron chi connectivity index (χ1n) is 8.11. The van der Waals surface area contributed by atoms with Crippen LogP contribution in [-0.4, -0.2) is 41.0 Å². The van der Waals surface area contributed by atoms with Crippen LogP contribution in [0.1, 0.15) is 46.0 Å². The number of nitrogens with zero attached hydrogens (tertiary/aromatic N) is 1. The molecular formula is C17H19NO5. The molecule has 1 saturated heterocycles. The summed E-state index contributed by atoms with van der Waals surface area (Å²) < 4.78 is 4.96. The molecule has 2 aliphatic carbocycles. The van der Waals surface area contributed by atoms with Crippen molar-refractivity contribution >= 4 is 23.4 Å². The van der Waals surface area contributed by atoms with Gasteiger partial charge < -0.3 is 9.64 Å². The van der Waals surface area contributed by atoms with E-state index in [2.05, 4.69) is 0 Å². The lowest BCUT2D eigenvalue weighted by Gasteiger charge is -2.33. The molecule has 122 valence electrons. The minimum absolute atomic E-state index is 0.0117. The van der Waals surface area contributed by atoms with Crippen LogP contribution in [0.25, 0.3) is 0 Å². The van der Waals surface area contributed by atoms with Gasteiger partial charge in [0.25, 0.3) is 0 Å². The molecule has 4 rings (SSSR count). The highest BCUT2D eigenvalue weighted by Crippen LogP contribution is 2.60. The van der Waals surface area contributed by atoms with Crippen LogP contribution in [0, 0.1) is 10.8 Å². The summed E-state index contributed by atoms with van der Waals surface area (Å²) in [7, 11) is 0. The SMILES string of the molecule is CC1=C(N2C(=O)C3(CCC4(CC4)CC3=O)C(=O)[C@@H]2C)COC1=O. The highest BCUT2D eigenvalue weighted by Gasteiger charge is 2.67. The van der Waals surface area contributed by atoms with Gasteiger partial charge in [-0.1, -0.05) is 0 Å². The third-order valence-electron chi connectivity index (χ3n) is 6.14. The summed E-state index contributed by atoms with van der Waals surface area (Å²) in [5.41, 5.74) is -0.693. The number of ether oxygens (including phenoxy) is 1. The molecule has 2 heterocycles. The average molecular weight is 317 g/mol. The number of hydrogen-bond donors (Lipinski definition) is 0. The van der Waals surface area contributed by atoms with Crippen molar-refractivity contribution in [3.8, 4) is 0 Å². The molecule has 2 aliphatic heterocycles. The molecule has 0 N–H and O–H groups in total. The molecule has 0 aromatic carbocycles. The molecule has 0 aromatic rings. The zero-order valence-electron chi connectivity index (χ0n) is 13.3. The maximum absolute atomic E-state index is 13.1. The second kappa shape index (κ2) is 4.30. The summed E-state index contributed by atoms with van der Waals surface area (Å²) in [6.45, 7) is 3.21. The van der Waals surface area contributed by atoms with Crippen molar-refractivity contribution in [2.24, 2.45) is 10.8 Å². The van der Waals surface area contributed by atoms with E-state index in [0.717, 1.165) is 19.3 Å². The molecule has 3 fully saturated rings. The molecule has 2 saturated carbocycles. The van der Waals surface area contributed by atoms with Crippen molar-refractivity contribution in [2.45, 2.75) is 52.0 Å². The van der Waals surface area contributed by atoms with E-state index in [0.29, 0.717) is 24.1 Å². The van der Waals surface area contributed by atoms with E-state index in [1.807, 2.05) is 0 Å². The number of esters is 1. The van der Waals surface area contributed by atoms with Gasteiger partial charge in [-0.2, -0.15) is 0 Å². The Hall–Kier alpha value is -1.98. The number of likely N-dealkylation sites (tertiary alicyclic amines) is 1. The smallest absolute Gasteiger partial charge is 0.336 e. The van der Waals surface area contributed by atoms with Crippen molar-refractivity contribution in [1.82, 2.24) is 4.90 Å². The Bertz CT molecular complexity index is 702. The number of amides is 1. The molecule has 6 heteroatoms. The predicted molar refractivity (Wildman–Crippen MR) is 77.9 cm³/mol. The van der Waals surface area contributed by atoms with Gasteiger partial charge in [-0.3, -0.25) is 14.4 Å². The quantitative estimate of drug-likeness (QED) is 0.535. The highest BCUT2D eigenvalue weighted by molar-refractivity contribution is 6.29. The molecule has 2 spiro atoms. The Kier molecular flexibility index (Phi) is 2.73. The minimum Gasteiger partial charge on any atom is -0.456 e. The summed E-state index contributed by atoms with van der Waals surface area (Å²) in [5.74, 6) is -1.47. The lowest BCUT2D eigenvalue weighted by molar-refractivity contribution is -0.151. The van der Waals surface area contributed by atoms with Crippen LogP contribution in [0.15, 0.2) is 11.3 Å². The summed E-state index contributed by atoms with van der Waals surface area (Å²) in [4.78, 5) is 51.6. The number of carbonyl (C=O) groups excluding carboxylic acids is 4. The molecule has 4 aliphatic rings. The van der Waals surface area contributed by atoms with Crippen LogP contribution < -0.4 is 0 Å². The van der Waals surface area contributed by atoms with E-state index in [1.165, 1.54) is 4.90 Å². The molecule has 23 heavy (non-hydrogen) atoms. The maximum Gasteiger partial charge on any atom is 0.336 e. The monoisotopic (exact) mass is 317 g/mol. The number of cyclic esters (lactones) is 1. The van der Waals surface area contributed by atoms with Gasteiger partial charge in [-0.25, -0.2) is 4.79 Å². The number of Topliss-reactive ketones (excluding diaryl/α,β-unsaturated/α-hetero) is 2. The Morgan fingerprint density at radius 2 is 1.74 bits per heavy atom. The van der Waals surface area contributed by atoms with Gasteiger partial charge in [-0.15, -0.1) is 0 Å². The minimum atomic E-state index is -1.52. The standard InChI is InChI=1S/C17H19NO5/c1-9-11(8-23-14(9)21)18-10(2)13(20)17(15(18)22)6-5-16(3-4-16)7-12(17)19/h10H,3-8H2,1-2H3/t10-,17?/m0/s1. The molecule has 6 nitrogen and oxygen atoms in total. The maximum atomic E-state index is 13.1. The Balaban J connectivity index is 1.74. The van der Waals surface area contributed by atoms with E-state index in [1.54, 1.807) is 13.8 Å². The van der Waals surface area contributed by atoms with Crippen molar-refractivity contribution in [3.05, 3.63) is 11.3 Å². The van der Waals surface area contributed by atoms with Crippen molar-refractivity contribution < 1.29 is 23.9 Å². The van der Waals surface area contributed by atoms with E-state index >= 15 is 0 Å². The predicted octanol–water partition coefficient (Wildman–Crippen LogP) is 1.14. The van der Waals surface area contributed by atoms with Crippen LogP contribution in [0.5, 0.6) is 0 Å². The number of ketones is 2. The van der Waals surface area contributed by atoms with Crippen LogP contribution >= 0.6 is 0 Å². The lowest BCUT2D eigenvalue weighted by Crippen LogP contribution is -2.48. The molecule has 0 bridgehead atoms. The topological polar surface area (TPSA) is 80.8 Å². The number of carbonyl (C=O) groups is 4. The first kappa shape index (κ1) is 14.6. The van der Waals surface area contributed by atoms with Gasteiger partial charge in [0.2, 0.25) is 5.91 Å². The fourth-order valence-corrected chi connectivity index (χ4v) is 4.30. The molecule has 0 radical (unpaired) electrons. The van der Waals surface area contributed by atoms with E-state index in [4.69, 9.17) is 4.74 Å². The van der Waals surface area contributed by atoms with Gasteiger partial charge in [-0.05, 0) is 44.9 Å². The number of hydrogen-bond acceptors (Lipinski definition) is 5. The summed E-state index contributed by atoms with van der Waals surface area (Å²) in [6.07, 6.45) is 3.43. The Morgan fingerprint density at radius 1 is 1.09 bits per heavy atom. The second-order valence-corrected chi connectivity index (χ2v) is 7.37. The third kappa shape index (κ3) is 1.69. The first-order chi connectivity index (χ1) is 10.8. The van der Waals surface area contributed by atoms with Crippen LogP contribution in [0.3, 0.4) is 0 Å². The lowest BCUT2D eigenvalue weighted by atomic mass is 9.66. The zero-order chi connectivity index (χ0) is 16.6. The van der Waals surface area contributed by atoms with Crippen molar-refractivity contribution in [2.75, 3.05) is 6.61 Å². The second-order valence-electron chi connectivity index (χ2n) is 7.37. The largest absolute Gasteiger partial charge is 0.456 e. The summed E-state index contributed by atoms with van der Waals surface area (Å²) >= 11 is 0. The van der Waals surface area contributed by atoms with Gasteiger partial charge in [0.1, 0.15) is 6.61 Å². The average Bonchev–Trinajstić information content (AvgIpc) is 3.15. The van der Waals surface area contributed by atoms with Crippen molar-refractivity contribution in [3.63, 3.8) is 0 Å². The first-order valence-corrected chi connectivity index (χ1v) is 8.11.